The number of hydrogen-bond acceptors (Lipinski definition) is 2. The summed E-state index contributed by atoms with van der Waals surface area (Å²) >= 11 is 0. The molecule has 0 saturated carbocycles. The van der Waals surface area contributed by atoms with Crippen molar-refractivity contribution >= 4 is 5.84 Å². The lowest BCUT2D eigenvalue weighted by Crippen LogP contribution is -2.12. The maximum Gasteiger partial charge on any atom is 0.124 e. The second-order valence-electron chi connectivity index (χ2n) is 4.50. The Morgan fingerprint density at radius 1 is 1.41 bits per heavy atom. The van der Waals surface area contributed by atoms with Crippen LogP contribution in [0.15, 0.2) is 18.2 Å². The highest BCUT2D eigenvalue weighted by molar-refractivity contribution is 5.95. The largest absolute Gasteiger partial charge is 0.384 e. The van der Waals surface area contributed by atoms with Crippen molar-refractivity contribution in [2.45, 2.75) is 26.9 Å². The maximum absolute atomic E-state index is 13.2. The van der Waals surface area contributed by atoms with Crippen LogP contribution in [0.2, 0.25) is 0 Å². The van der Waals surface area contributed by atoms with Crippen molar-refractivity contribution < 1.29 is 9.13 Å². The lowest BCUT2D eigenvalue weighted by molar-refractivity contribution is 0.110. The number of nitrogen functional groups attached to an aromatic ring is 1. The van der Waals surface area contributed by atoms with Gasteiger partial charge >= 0.3 is 0 Å². The van der Waals surface area contributed by atoms with Gasteiger partial charge < -0.3 is 10.5 Å². The summed E-state index contributed by atoms with van der Waals surface area (Å²) in [7, 11) is 0. The van der Waals surface area contributed by atoms with Crippen molar-refractivity contribution in [3.05, 3.63) is 35.1 Å². The fraction of sp³-hybridized carbons (Fsp3) is 0.462. The molecule has 0 aliphatic carbocycles. The summed E-state index contributed by atoms with van der Waals surface area (Å²) in [4.78, 5) is 0. The molecule has 94 valence electrons. The highest BCUT2D eigenvalue weighted by Gasteiger charge is 2.03. The van der Waals surface area contributed by atoms with Gasteiger partial charge in [-0.3, -0.25) is 5.41 Å². The first-order chi connectivity index (χ1) is 7.99. The Morgan fingerprint density at radius 3 is 2.71 bits per heavy atom. The van der Waals surface area contributed by atoms with Crippen molar-refractivity contribution in [2.75, 3.05) is 6.61 Å². The van der Waals surface area contributed by atoms with Crippen LogP contribution in [0.25, 0.3) is 0 Å². The van der Waals surface area contributed by atoms with Gasteiger partial charge in [0.05, 0.1) is 6.61 Å². The zero-order valence-electron chi connectivity index (χ0n) is 10.3. The first-order valence-electron chi connectivity index (χ1n) is 5.70. The Balaban J connectivity index is 2.56. The molecule has 1 rings (SSSR count). The van der Waals surface area contributed by atoms with Gasteiger partial charge in [0.25, 0.3) is 0 Å². The molecule has 0 amide bonds. The zero-order valence-corrected chi connectivity index (χ0v) is 10.3. The van der Waals surface area contributed by atoms with E-state index in [-0.39, 0.29) is 11.7 Å². The summed E-state index contributed by atoms with van der Waals surface area (Å²) in [5, 5.41) is 7.27. The van der Waals surface area contributed by atoms with E-state index < -0.39 is 0 Å². The molecule has 1 aromatic rings. The minimum atomic E-state index is -0.389. The van der Waals surface area contributed by atoms with E-state index >= 15 is 0 Å². The number of nitrogens with two attached hydrogens (primary N) is 1. The van der Waals surface area contributed by atoms with Crippen LogP contribution < -0.4 is 5.73 Å². The van der Waals surface area contributed by atoms with Crippen LogP contribution in [0, 0.1) is 17.1 Å². The first-order valence-corrected chi connectivity index (χ1v) is 5.70. The van der Waals surface area contributed by atoms with E-state index in [1.165, 1.54) is 12.1 Å². The third-order valence-electron chi connectivity index (χ3n) is 2.38. The van der Waals surface area contributed by atoms with Crippen molar-refractivity contribution in [3.63, 3.8) is 0 Å². The van der Waals surface area contributed by atoms with E-state index in [0.717, 1.165) is 6.42 Å². The van der Waals surface area contributed by atoms with E-state index in [2.05, 4.69) is 13.8 Å². The van der Waals surface area contributed by atoms with E-state index in [4.69, 9.17) is 15.9 Å². The Hall–Kier alpha value is -1.42. The number of amidine groups is 1. The van der Waals surface area contributed by atoms with Crippen molar-refractivity contribution in [2.24, 2.45) is 11.7 Å². The topological polar surface area (TPSA) is 59.1 Å². The highest BCUT2D eigenvalue weighted by atomic mass is 19.1. The van der Waals surface area contributed by atoms with Crippen LogP contribution in [-0.4, -0.2) is 12.4 Å². The van der Waals surface area contributed by atoms with Gasteiger partial charge in [0.2, 0.25) is 0 Å². The fourth-order valence-corrected chi connectivity index (χ4v) is 1.40. The Bertz CT molecular complexity index is 391. The normalized spacial score (nSPS) is 10.8. The third-order valence-corrected chi connectivity index (χ3v) is 2.38. The molecule has 0 aliphatic heterocycles. The molecule has 0 bridgehead atoms. The molecule has 0 fully saturated rings. The van der Waals surface area contributed by atoms with Crippen LogP contribution >= 0.6 is 0 Å². The van der Waals surface area contributed by atoms with Gasteiger partial charge in [-0.25, -0.2) is 4.39 Å². The molecule has 0 spiro atoms. The Kier molecular flexibility index (Phi) is 5.10. The van der Waals surface area contributed by atoms with Crippen LogP contribution in [0.4, 0.5) is 4.39 Å². The first kappa shape index (κ1) is 13.6. The van der Waals surface area contributed by atoms with Crippen molar-refractivity contribution in [1.82, 2.24) is 0 Å². The summed E-state index contributed by atoms with van der Waals surface area (Å²) < 4.78 is 18.7. The van der Waals surface area contributed by atoms with E-state index in [1.807, 2.05) is 0 Å². The summed E-state index contributed by atoms with van der Waals surface area (Å²) in [6.07, 6.45) is 0.981. The standard InChI is InChI=1S/C13H19FN2O/c1-9(2)3-4-17-8-10-5-11(13(15)16)7-12(14)6-10/h5-7,9H,3-4,8H2,1-2H3,(H3,15,16). The lowest BCUT2D eigenvalue weighted by atomic mass is 10.1. The monoisotopic (exact) mass is 238 g/mol. The predicted octanol–water partition coefficient (Wildman–Crippen LogP) is 2.67. The van der Waals surface area contributed by atoms with E-state index in [9.17, 15) is 4.39 Å². The van der Waals surface area contributed by atoms with Gasteiger partial charge in [-0.15, -0.1) is 0 Å². The fourth-order valence-electron chi connectivity index (χ4n) is 1.40. The average molecular weight is 238 g/mol. The molecule has 0 heterocycles. The third kappa shape index (κ3) is 4.95. The molecule has 17 heavy (non-hydrogen) atoms. The van der Waals surface area contributed by atoms with Crippen LogP contribution in [0.3, 0.4) is 0 Å². The molecule has 4 heteroatoms. The second-order valence-corrected chi connectivity index (χ2v) is 4.50. The van der Waals surface area contributed by atoms with Crippen molar-refractivity contribution in [1.29, 1.82) is 5.41 Å². The summed E-state index contributed by atoms with van der Waals surface area (Å²) in [6, 6.07) is 4.34. The SMILES string of the molecule is CC(C)CCOCc1cc(F)cc(C(=N)N)c1. The Labute approximate surface area is 101 Å². The van der Waals surface area contributed by atoms with Gasteiger partial charge in [0.1, 0.15) is 11.7 Å². The quantitative estimate of drug-likeness (QED) is 0.455. The minimum Gasteiger partial charge on any atom is -0.384 e. The van der Waals surface area contributed by atoms with E-state index in [1.54, 1.807) is 6.07 Å². The maximum atomic E-state index is 13.2. The number of hydrogen-bond donors (Lipinski definition) is 2. The zero-order chi connectivity index (χ0) is 12.8. The number of benzene rings is 1. The number of ether oxygens (including phenoxy) is 1. The summed E-state index contributed by atoms with van der Waals surface area (Å²) in [6.45, 7) is 5.26. The van der Waals surface area contributed by atoms with Crippen LogP contribution in [0.5, 0.6) is 0 Å². The van der Waals surface area contributed by atoms with Crippen molar-refractivity contribution in [3.8, 4) is 0 Å². The second kappa shape index (κ2) is 6.35. The number of halogens is 1. The number of nitrogens with one attached hydrogen (secondary N) is 1. The Morgan fingerprint density at radius 2 is 2.12 bits per heavy atom. The lowest BCUT2D eigenvalue weighted by Gasteiger charge is -2.08. The van der Waals surface area contributed by atoms with Crippen LogP contribution in [-0.2, 0) is 11.3 Å². The molecule has 3 nitrogen and oxygen atoms in total. The summed E-state index contributed by atoms with van der Waals surface area (Å²) in [5.74, 6) is 0.0726. The van der Waals surface area contributed by atoms with E-state index in [0.29, 0.717) is 30.3 Å². The minimum absolute atomic E-state index is 0.132. The molecule has 0 aliphatic rings. The molecule has 1 aromatic carbocycles. The van der Waals surface area contributed by atoms with Gasteiger partial charge in [-0.05, 0) is 36.1 Å². The number of rotatable bonds is 6. The van der Waals surface area contributed by atoms with Crippen LogP contribution in [0.1, 0.15) is 31.4 Å². The molecular weight excluding hydrogens is 219 g/mol. The average Bonchev–Trinajstić information content (AvgIpc) is 2.23. The predicted molar refractivity (Wildman–Crippen MR) is 66.5 cm³/mol. The molecular formula is C13H19FN2O. The van der Waals surface area contributed by atoms with Gasteiger partial charge in [-0.2, -0.15) is 0 Å². The molecule has 0 saturated heterocycles. The van der Waals surface area contributed by atoms with Gasteiger partial charge in [0, 0.05) is 12.2 Å². The smallest absolute Gasteiger partial charge is 0.124 e. The molecule has 0 radical (unpaired) electrons. The summed E-state index contributed by atoms with van der Waals surface area (Å²) in [5.41, 5.74) is 6.43. The molecule has 3 N–H and O–H groups in total. The molecule has 0 unspecified atom stereocenters. The van der Waals surface area contributed by atoms with Gasteiger partial charge in [-0.1, -0.05) is 13.8 Å². The highest BCUT2D eigenvalue weighted by Crippen LogP contribution is 2.10. The molecule has 0 atom stereocenters. The van der Waals surface area contributed by atoms with Gasteiger partial charge in [0.15, 0.2) is 0 Å². The molecule has 0 aromatic heterocycles.